The first-order valence-electron chi connectivity index (χ1n) is 9.23. The summed E-state index contributed by atoms with van der Waals surface area (Å²) in [7, 11) is 0. The number of nitrogens with one attached hydrogen (secondary N) is 3. The van der Waals surface area contributed by atoms with Crippen LogP contribution in [-0.4, -0.2) is 38.0 Å². The Hall–Kier alpha value is -1.31. The fourth-order valence-electron chi connectivity index (χ4n) is 2.67. The predicted octanol–water partition coefficient (Wildman–Crippen LogP) is 3.05. The van der Waals surface area contributed by atoms with Crippen molar-refractivity contribution < 1.29 is 4.79 Å². The fourth-order valence-corrected chi connectivity index (χ4v) is 2.67. The van der Waals surface area contributed by atoms with Gasteiger partial charge in [-0.05, 0) is 25.3 Å². The molecule has 1 aromatic rings. The first-order chi connectivity index (χ1) is 11.9. The standard InChI is InChI=1S/C20H32N4O.HI/c1-5-21-18(23-14-13-22-17(25)19(2,3)4)24-15-20(11-12-20)16-9-7-6-8-10-16;/h6-10H,5,11-15H2,1-4H3,(H,22,25)(H2,21,23,24);1H. The van der Waals surface area contributed by atoms with E-state index in [1.54, 1.807) is 0 Å². The Kier molecular flexibility index (Phi) is 8.86. The summed E-state index contributed by atoms with van der Waals surface area (Å²) in [6, 6.07) is 10.6. The molecule has 1 aliphatic rings. The first-order valence-corrected chi connectivity index (χ1v) is 9.23. The number of guanidine groups is 1. The van der Waals surface area contributed by atoms with Crippen molar-refractivity contribution in [3.8, 4) is 0 Å². The molecule has 2 rings (SSSR count). The average Bonchev–Trinajstić information content (AvgIpc) is 3.37. The van der Waals surface area contributed by atoms with Gasteiger partial charge in [0.1, 0.15) is 0 Å². The fraction of sp³-hybridized carbons (Fsp3) is 0.600. The monoisotopic (exact) mass is 472 g/mol. The highest BCUT2D eigenvalue weighted by molar-refractivity contribution is 14.0. The summed E-state index contributed by atoms with van der Waals surface area (Å²) >= 11 is 0. The van der Waals surface area contributed by atoms with Gasteiger partial charge in [-0.15, -0.1) is 24.0 Å². The third-order valence-electron chi connectivity index (χ3n) is 4.51. The molecule has 0 spiro atoms. The van der Waals surface area contributed by atoms with Gasteiger partial charge >= 0.3 is 0 Å². The van der Waals surface area contributed by atoms with Crippen LogP contribution in [0, 0.1) is 5.41 Å². The van der Waals surface area contributed by atoms with Crippen LogP contribution in [0.3, 0.4) is 0 Å². The van der Waals surface area contributed by atoms with Gasteiger partial charge in [-0.25, -0.2) is 0 Å². The number of hydrogen-bond acceptors (Lipinski definition) is 2. The van der Waals surface area contributed by atoms with Crippen molar-refractivity contribution in [3.63, 3.8) is 0 Å². The van der Waals surface area contributed by atoms with Crippen LogP contribution < -0.4 is 16.0 Å². The number of aliphatic imine (C=N–C) groups is 1. The Morgan fingerprint density at radius 2 is 1.69 bits per heavy atom. The van der Waals surface area contributed by atoms with Crippen LogP contribution >= 0.6 is 24.0 Å². The summed E-state index contributed by atoms with van der Waals surface area (Å²) in [5.41, 5.74) is 1.24. The molecule has 6 heteroatoms. The van der Waals surface area contributed by atoms with Gasteiger partial charge in [-0.1, -0.05) is 51.1 Å². The van der Waals surface area contributed by atoms with Crippen molar-refractivity contribution in [2.75, 3.05) is 26.2 Å². The van der Waals surface area contributed by atoms with E-state index in [1.807, 2.05) is 20.8 Å². The molecule has 1 fully saturated rings. The van der Waals surface area contributed by atoms with Crippen LogP contribution in [-0.2, 0) is 10.2 Å². The maximum Gasteiger partial charge on any atom is 0.225 e. The van der Waals surface area contributed by atoms with E-state index in [2.05, 4.69) is 53.2 Å². The van der Waals surface area contributed by atoms with Crippen molar-refractivity contribution in [1.82, 2.24) is 16.0 Å². The van der Waals surface area contributed by atoms with E-state index in [4.69, 9.17) is 4.99 Å². The molecule has 0 aromatic heterocycles. The third-order valence-corrected chi connectivity index (χ3v) is 4.51. The summed E-state index contributed by atoms with van der Waals surface area (Å²) in [5, 5.41) is 9.53. The molecule has 146 valence electrons. The Bertz CT molecular complexity index is 592. The molecular formula is C20H33IN4O. The summed E-state index contributed by atoms with van der Waals surface area (Å²) < 4.78 is 0. The van der Waals surface area contributed by atoms with Crippen LogP contribution in [0.15, 0.2) is 35.3 Å². The van der Waals surface area contributed by atoms with E-state index in [-0.39, 0.29) is 40.7 Å². The molecule has 5 nitrogen and oxygen atoms in total. The number of nitrogens with zero attached hydrogens (tertiary/aromatic N) is 1. The van der Waals surface area contributed by atoms with E-state index in [0.717, 1.165) is 19.0 Å². The van der Waals surface area contributed by atoms with Gasteiger partial charge in [0, 0.05) is 30.5 Å². The lowest BCUT2D eigenvalue weighted by Gasteiger charge is -2.19. The SMILES string of the molecule is CCNC(=NCC1(c2ccccc2)CC1)NCCNC(=O)C(C)(C)C.I. The van der Waals surface area contributed by atoms with E-state index in [9.17, 15) is 4.79 Å². The van der Waals surface area contributed by atoms with E-state index >= 15 is 0 Å². The third kappa shape index (κ3) is 6.78. The summed E-state index contributed by atoms with van der Waals surface area (Å²) in [6.07, 6.45) is 2.39. The van der Waals surface area contributed by atoms with Crippen LogP contribution in [0.25, 0.3) is 0 Å². The van der Waals surface area contributed by atoms with Gasteiger partial charge in [0.15, 0.2) is 5.96 Å². The Morgan fingerprint density at radius 1 is 1.08 bits per heavy atom. The van der Waals surface area contributed by atoms with E-state index in [1.165, 1.54) is 18.4 Å². The quantitative estimate of drug-likeness (QED) is 0.248. The number of hydrogen-bond donors (Lipinski definition) is 3. The Labute approximate surface area is 174 Å². The zero-order valence-corrected chi connectivity index (χ0v) is 18.7. The molecule has 1 aliphatic carbocycles. The largest absolute Gasteiger partial charge is 0.357 e. The zero-order chi connectivity index (χ0) is 18.3. The molecule has 1 amide bonds. The van der Waals surface area contributed by atoms with Gasteiger partial charge in [0.2, 0.25) is 5.91 Å². The molecule has 0 saturated heterocycles. The lowest BCUT2D eigenvalue weighted by Crippen LogP contribution is -2.43. The molecular weight excluding hydrogens is 439 g/mol. The molecule has 0 atom stereocenters. The van der Waals surface area contributed by atoms with Crippen LogP contribution in [0.1, 0.15) is 46.1 Å². The average molecular weight is 472 g/mol. The molecule has 1 saturated carbocycles. The Morgan fingerprint density at radius 3 is 2.23 bits per heavy atom. The van der Waals surface area contributed by atoms with Crippen molar-refractivity contribution in [2.45, 2.75) is 46.0 Å². The number of rotatable bonds is 7. The topological polar surface area (TPSA) is 65.5 Å². The molecule has 0 aliphatic heterocycles. The van der Waals surface area contributed by atoms with Gasteiger partial charge < -0.3 is 16.0 Å². The summed E-state index contributed by atoms with van der Waals surface area (Å²) in [6.45, 7) is 10.7. The zero-order valence-electron chi connectivity index (χ0n) is 16.4. The van der Waals surface area contributed by atoms with Crippen molar-refractivity contribution in [3.05, 3.63) is 35.9 Å². The number of carbonyl (C=O) groups is 1. The van der Waals surface area contributed by atoms with E-state index in [0.29, 0.717) is 13.1 Å². The molecule has 0 unspecified atom stereocenters. The van der Waals surface area contributed by atoms with Gasteiger partial charge in [0.25, 0.3) is 0 Å². The molecule has 3 N–H and O–H groups in total. The number of carbonyl (C=O) groups excluding carboxylic acids is 1. The molecule has 26 heavy (non-hydrogen) atoms. The second-order valence-corrected chi connectivity index (χ2v) is 7.77. The van der Waals surface area contributed by atoms with Crippen molar-refractivity contribution in [1.29, 1.82) is 0 Å². The number of amides is 1. The minimum atomic E-state index is -0.355. The Balaban J connectivity index is 0.00000338. The lowest BCUT2D eigenvalue weighted by molar-refractivity contribution is -0.128. The van der Waals surface area contributed by atoms with Crippen LogP contribution in [0.2, 0.25) is 0 Å². The minimum Gasteiger partial charge on any atom is -0.357 e. The summed E-state index contributed by atoms with van der Waals surface area (Å²) in [5.74, 6) is 0.881. The smallest absolute Gasteiger partial charge is 0.225 e. The van der Waals surface area contributed by atoms with Crippen molar-refractivity contribution >= 4 is 35.8 Å². The second-order valence-electron chi connectivity index (χ2n) is 7.77. The molecule has 0 heterocycles. The normalized spacial score (nSPS) is 15.6. The van der Waals surface area contributed by atoms with Gasteiger partial charge in [-0.2, -0.15) is 0 Å². The second kappa shape index (κ2) is 10.1. The van der Waals surface area contributed by atoms with Gasteiger partial charge in [-0.3, -0.25) is 9.79 Å². The molecule has 0 radical (unpaired) electrons. The predicted molar refractivity (Wildman–Crippen MR) is 119 cm³/mol. The van der Waals surface area contributed by atoms with E-state index < -0.39 is 0 Å². The summed E-state index contributed by atoms with van der Waals surface area (Å²) in [4.78, 5) is 16.6. The maximum atomic E-state index is 11.9. The first kappa shape index (κ1) is 22.7. The highest BCUT2D eigenvalue weighted by atomic mass is 127. The highest BCUT2D eigenvalue weighted by Crippen LogP contribution is 2.48. The van der Waals surface area contributed by atoms with Crippen molar-refractivity contribution in [2.24, 2.45) is 10.4 Å². The molecule has 1 aromatic carbocycles. The number of benzene rings is 1. The maximum absolute atomic E-state index is 11.9. The number of halogens is 1. The van der Waals surface area contributed by atoms with Gasteiger partial charge in [0.05, 0.1) is 6.54 Å². The van der Waals surface area contributed by atoms with Crippen LogP contribution in [0.4, 0.5) is 0 Å². The highest BCUT2D eigenvalue weighted by Gasteiger charge is 2.43. The lowest BCUT2D eigenvalue weighted by atomic mass is 9.96. The van der Waals surface area contributed by atoms with Crippen LogP contribution in [0.5, 0.6) is 0 Å². The molecule has 0 bridgehead atoms. The minimum absolute atomic E-state index is 0.